The van der Waals surface area contributed by atoms with Crippen molar-refractivity contribution >= 4 is 11.7 Å². The van der Waals surface area contributed by atoms with E-state index in [1.807, 2.05) is 12.1 Å². The van der Waals surface area contributed by atoms with Crippen LogP contribution in [0, 0.1) is 5.82 Å². The Morgan fingerprint density at radius 1 is 1.24 bits per heavy atom. The van der Waals surface area contributed by atoms with Gasteiger partial charge < -0.3 is 15.2 Å². The molecule has 0 aliphatic rings. The summed E-state index contributed by atoms with van der Waals surface area (Å²) in [6, 6.07) is 11.6. The first-order valence-corrected chi connectivity index (χ1v) is 6.46. The molecule has 2 N–H and O–H groups in total. The number of hydrogen-bond acceptors (Lipinski definition) is 3. The van der Waals surface area contributed by atoms with Crippen LogP contribution in [0.5, 0.6) is 5.75 Å². The number of carboxylic acids is 1. The second-order valence-electron chi connectivity index (χ2n) is 4.54. The number of hydrogen-bond donors (Lipinski definition) is 2. The van der Waals surface area contributed by atoms with E-state index >= 15 is 0 Å². The van der Waals surface area contributed by atoms with E-state index in [4.69, 9.17) is 9.84 Å². The Bertz CT molecular complexity index is 643. The predicted molar refractivity (Wildman–Crippen MR) is 78.1 cm³/mol. The Hall–Kier alpha value is -2.56. The van der Waals surface area contributed by atoms with Gasteiger partial charge in [-0.2, -0.15) is 0 Å². The molecule has 0 aromatic heterocycles. The largest absolute Gasteiger partial charge is 0.497 e. The van der Waals surface area contributed by atoms with Crippen LogP contribution in [0.3, 0.4) is 0 Å². The number of halogens is 1. The average Bonchev–Trinajstić information content (AvgIpc) is 2.47. The molecule has 0 fully saturated rings. The molecule has 2 aromatic rings. The van der Waals surface area contributed by atoms with Gasteiger partial charge in [-0.25, -0.2) is 4.39 Å². The van der Waals surface area contributed by atoms with Crippen molar-refractivity contribution in [2.75, 3.05) is 12.4 Å². The van der Waals surface area contributed by atoms with E-state index in [0.717, 1.165) is 5.56 Å². The third-order valence-electron chi connectivity index (χ3n) is 3.10. The number of carbonyl (C=O) groups is 1. The van der Waals surface area contributed by atoms with E-state index in [2.05, 4.69) is 5.32 Å². The van der Waals surface area contributed by atoms with Crippen LogP contribution in [0.15, 0.2) is 42.5 Å². The lowest BCUT2D eigenvalue weighted by atomic mass is 10.0. The summed E-state index contributed by atoms with van der Waals surface area (Å²) in [7, 11) is 1.51. The van der Waals surface area contributed by atoms with Gasteiger partial charge in [0.15, 0.2) is 0 Å². The van der Waals surface area contributed by atoms with Crippen LogP contribution in [-0.2, 0) is 17.8 Å². The van der Waals surface area contributed by atoms with Crippen LogP contribution in [0.25, 0.3) is 0 Å². The first-order chi connectivity index (χ1) is 10.1. The highest BCUT2D eigenvalue weighted by Gasteiger charge is 2.08. The summed E-state index contributed by atoms with van der Waals surface area (Å²) in [4.78, 5) is 10.8. The number of ether oxygens (including phenoxy) is 1. The van der Waals surface area contributed by atoms with E-state index in [9.17, 15) is 9.18 Å². The molecule has 2 rings (SSSR count). The number of methoxy groups -OCH3 is 1. The summed E-state index contributed by atoms with van der Waals surface area (Å²) in [6.45, 7) is 0.341. The third kappa shape index (κ3) is 3.95. The van der Waals surface area contributed by atoms with Crippen LogP contribution in [0.4, 0.5) is 10.1 Å². The van der Waals surface area contributed by atoms with Crippen molar-refractivity contribution in [1.82, 2.24) is 0 Å². The third-order valence-corrected chi connectivity index (χ3v) is 3.10. The minimum absolute atomic E-state index is 0.0571. The summed E-state index contributed by atoms with van der Waals surface area (Å²) in [5.74, 6) is -0.723. The van der Waals surface area contributed by atoms with Gasteiger partial charge in [0.05, 0.1) is 19.2 Å². The molecule has 110 valence electrons. The van der Waals surface area contributed by atoms with Gasteiger partial charge in [-0.3, -0.25) is 4.79 Å². The summed E-state index contributed by atoms with van der Waals surface area (Å²) >= 11 is 0. The summed E-state index contributed by atoms with van der Waals surface area (Å²) in [5, 5.41) is 11.9. The quantitative estimate of drug-likeness (QED) is 0.858. The van der Waals surface area contributed by atoms with Gasteiger partial charge in [0.2, 0.25) is 0 Å². The van der Waals surface area contributed by atoms with Crippen LogP contribution < -0.4 is 10.1 Å². The average molecular weight is 289 g/mol. The minimum atomic E-state index is -0.894. The molecule has 0 amide bonds. The molecule has 4 nitrogen and oxygen atoms in total. The molecule has 0 bridgehead atoms. The molecule has 5 heteroatoms. The molecular weight excluding hydrogens is 273 g/mol. The fourth-order valence-corrected chi connectivity index (χ4v) is 2.02. The SMILES string of the molecule is COc1ccc(F)c(NCc2ccccc2CC(=O)O)c1. The molecule has 0 spiro atoms. The molecular formula is C16H16FNO3. The zero-order valence-electron chi connectivity index (χ0n) is 11.6. The molecule has 0 heterocycles. The maximum Gasteiger partial charge on any atom is 0.307 e. The highest BCUT2D eigenvalue weighted by Crippen LogP contribution is 2.22. The molecule has 0 radical (unpaired) electrons. The Kier molecular flexibility index (Phi) is 4.77. The van der Waals surface area contributed by atoms with Gasteiger partial charge in [0.25, 0.3) is 0 Å². The number of aliphatic carboxylic acids is 1. The highest BCUT2D eigenvalue weighted by atomic mass is 19.1. The Morgan fingerprint density at radius 2 is 1.95 bits per heavy atom. The topological polar surface area (TPSA) is 58.6 Å². The van der Waals surface area contributed by atoms with Crippen molar-refractivity contribution in [2.45, 2.75) is 13.0 Å². The van der Waals surface area contributed by atoms with Crippen LogP contribution in [0.1, 0.15) is 11.1 Å². The standard InChI is InChI=1S/C16H16FNO3/c1-21-13-6-7-14(17)15(9-13)18-10-12-5-3-2-4-11(12)8-16(19)20/h2-7,9,18H,8,10H2,1H3,(H,19,20). The minimum Gasteiger partial charge on any atom is -0.497 e. The van der Waals surface area contributed by atoms with Crippen molar-refractivity contribution in [1.29, 1.82) is 0 Å². The van der Waals surface area contributed by atoms with Crippen molar-refractivity contribution < 1.29 is 19.0 Å². The van der Waals surface area contributed by atoms with Crippen LogP contribution in [-0.4, -0.2) is 18.2 Å². The number of anilines is 1. The highest BCUT2D eigenvalue weighted by molar-refractivity contribution is 5.70. The lowest BCUT2D eigenvalue weighted by Gasteiger charge is -2.12. The second kappa shape index (κ2) is 6.74. The molecule has 0 unspecified atom stereocenters. The molecule has 0 aliphatic carbocycles. The molecule has 2 aromatic carbocycles. The van der Waals surface area contributed by atoms with Crippen molar-refractivity contribution in [2.24, 2.45) is 0 Å². The fourth-order valence-electron chi connectivity index (χ4n) is 2.02. The van der Waals surface area contributed by atoms with E-state index in [1.54, 1.807) is 24.3 Å². The predicted octanol–water partition coefficient (Wildman–Crippen LogP) is 3.07. The normalized spacial score (nSPS) is 10.2. The van der Waals surface area contributed by atoms with Gasteiger partial charge in [-0.15, -0.1) is 0 Å². The summed E-state index contributed by atoms with van der Waals surface area (Å²) < 4.78 is 18.8. The Morgan fingerprint density at radius 3 is 2.62 bits per heavy atom. The number of benzene rings is 2. The molecule has 0 aliphatic heterocycles. The number of rotatable bonds is 6. The number of nitrogens with one attached hydrogen (secondary N) is 1. The van der Waals surface area contributed by atoms with Crippen molar-refractivity contribution in [3.05, 3.63) is 59.4 Å². The number of carboxylic acid groups (broad SMARTS) is 1. The zero-order chi connectivity index (χ0) is 15.2. The second-order valence-corrected chi connectivity index (χ2v) is 4.54. The fraction of sp³-hybridized carbons (Fsp3) is 0.188. The van der Waals surface area contributed by atoms with E-state index < -0.39 is 5.97 Å². The van der Waals surface area contributed by atoms with E-state index in [-0.39, 0.29) is 12.2 Å². The first kappa shape index (κ1) is 14.8. The lowest BCUT2D eigenvalue weighted by Crippen LogP contribution is -2.08. The van der Waals surface area contributed by atoms with Gasteiger partial charge in [-0.05, 0) is 23.3 Å². The maximum atomic E-state index is 13.7. The maximum absolute atomic E-state index is 13.7. The molecule has 0 saturated heterocycles. The van der Waals surface area contributed by atoms with Crippen molar-refractivity contribution in [3.63, 3.8) is 0 Å². The van der Waals surface area contributed by atoms with Gasteiger partial charge in [0.1, 0.15) is 11.6 Å². The summed E-state index contributed by atoms with van der Waals surface area (Å²) in [6.07, 6.45) is -0.0571. The Balaban J connectivity index is 2.15. The lowest BCUT2D eigenvalue weighted by molar-refractivity contribution is -0.136. The van der Waals surface area contributed by atoms with Gasteiger partial charge in [0, 0.05) is 12.6 Å². The van der Waals surface area contributed by atoms with Gasteiger partial charge in [-0.1, -0.05) is 24.3 Å². The zero-order valence-corrected chi connectivity index (χ0v) is 11.6. The smallest absolute Gasteiger partial charge is 0.307 e. The van der Waals surface area contributed by atoms with Crippen molar-refractivity contribution in [3.8, 4) is 5.75 Å². The molecule has 0 saturated carbocycles. The summed E-state index contributed by atoms with van der Waals surface area (Å²) in [5.41, 5.74) is 1.85. The van der Waals surface area contributed by atoms with Crippen LogP contribution >= 0.6 is 0 Å². The Labute approximate surface area is 122 Å². The van der Waals surface area contributed by atoms with E-state index in [1.165, 1.54) is 13.2 Å². The molecule has 0 atom stereocenters. The van der Waals surface area contributed by atoms with Crippen LogP contribution in [0.2, 0.25) is 0 Å². The molecule has 21 heavy (non-hydrogen) atoms. The van der Waals surface area contributed by atoms with E-state index in [0.29, 0.717) is 23.5 Å². The van der Waals surface area contributed by atoms with Gasteiger partial charge >= 0.3 is 5.97 Å². The first-order valence-electron chi connectivity index (χ1n) is 6.46. The monoisotopic (exact) mass is 289 g/mol.